The zero-order chi connectivity index (χ0) is 12.3. The molecule has 1 aliphatic rings. The van der Waals surface area contributed by atoms with E-state index in [1.54, 1.807) is 7.11 Å². The molecule has 1 N–H and O–H groups in total. The summed E-state index contributed by atoms with van der Waals surface area (Å²) in [5.41, 5.74) is 0.957. The van der Waals surface area contributed by atoms with Crippen molar-refractivity contribution in [2.75, 3.05) is 12.4 Å². The second-order valence-electron chi connectivity index (χ2n) is 4.51. The minimum Gasteiger partial charge on any atom is -0.493 e. The topological polar surface area (TPSA) is 45.0 Å². The second kappa shape index (κ2) is 5.42. The van der Waals surface area contributed by atoms with Gasteiger partial charge in [-0.05, 0) is 19.8 Å². The Morgan fingerprint density at radius 3 is 2.65 bits per heavy atom. The van der Waals surface area contributed by atoms with Crippen molar-refractivity contribution in [1.29, 1.82) is 5.26 Å². The van der Waals surface area contributed by atoms with Crippen molar-refractivity contribution in [2.45, 2.75) is 45.1 Å². The van der Waals surface area contributed by atoms with Gasteiger partial charge in [0.2, 0.25) is 0 Å². The molecule has 0 aromatic carbocycles. The number of thiophene rings is 1. The molecule has 0 radical (unpaired) electrons. The van der Waals surface area contributed by atoms with Crippen LogP contribution in [0.15, 0.2) is 0 Å². The number of rotatable bonds is 3. The minimum atomic E-state index is 0.544. The zero-order valence-corrected chi connectivity index (χ0v) is 11.2. The maximum absolute atomic E-state index is 9.03. The van der Waals surface area contributed by atoms with Crippen LogP contribution >= 0.6 is 11.3 Å². The van der Waals surface area contributed by atoms with Crippen molar-refractivity contribution in [3.8, 4) is 11.8 Å². The minimum absolute atomic E-state index is 0.544. The maximum atomic E-state index is 9.03. The van der Waals surface area contributed by atoms with Crippen molar-refractivity contribution in [2.24, 2.45) is 0 Å². The molecule has 0 atom stereocenters. The van der Waals surface area contributed by atoms with E-state index in [0.717, 1.165) is 21.2 Å². The molecule has 1 aromatic heterocycles. The molecular weight excluding hydrogens is 232 g/mol. The zero-order valence-electron chi connectivity index (χ0n) is 10.4. The fraction of sp³-hybridized carbons (Fsp3) is 0.615. The molecule has 92 valence electrons. The summed E-state index contributed by atoms with van der Waals surface area (Å²) in [6.07, 6.45) is 6.40. The number of nitriles is 1. The summed E-state index contributed by atoms with van der Waals surface area (Å²) in [5.74, 6) is 0.845. The lowest BCUT2D eigenvalue weighted by Gasteiger charge is -2.23. The lowest BCUT2D eigenvalue weighted by atomic mass is 9.96. The van der Waals surface area contributed by atoms with Crippen LogP contribution in [-0.2, 0) is 0 Å². The highest BCUT2D eigenvalue weighted by Crippen LogP contribution is 2.40. The molecule has 0 aliphatic heterocycles. The molecule has 17 heavy (non-hydrogen) atoms. The van der Waals surface area contributed by atoms with Gasteiger partial charge in [-0.15, -0.1) is 11.3 Å². The number of hydrogen-bond acceptors (Lipinski definition) is 4. The van der Waals surface area contributed by atoms with E-state index >= 15 is 0 Å². The van der Waals surface area contributed by atoms with E-state index < -0.39 is 0 Å². The van der Waals surface area contributed by atoms with Crippen molar-refractivity contribution in [3.63, 3.8) is 0 Å². The summed E-state index contributed by atoms with van der Waals surface area (Å²) in [6.45, 7) is 1.94. The number of nitrogens with zero attached hydrogens (tertiary/aromatic N) is 1. The molecule has 0 spiro atoms. The molecule has 0 bridgehead atoms. The van der Waals surface area contributed by atoms with E-state index in [2.05, 4.69) is 11.4 Å². The predicted octanol–water partition coefficient (Wildman–Crippen LogP) is 3.68. The average molecular weight is 250 g/mol. The van der Waals surface area contributed by atoms with Crippen molar-refractivity contribution in [1.82, 2.24) is 0 Å². The second-order valence-corrected chi connectivity index (χ2v) is 5.53. The van der Waals surface area contributed by atoms with Crippen molar-refractivity contribution < 1.29 is 4.74 Å². The highest BCUT2D eigenvalue weighted by atomic mass is 32.1. The Morgan fingerprint density at radius 2 is 2.06 bits per heavy atom. The SMILES string of the molecule is COc1c(NC2CCCCC2)sc(C#N)c1C. The molecule has 0 unspecified atom stereocenters. The fourth-order valence-electron chi connectivity index (χ4n) is 2.38. The van der Waals surface area contributed by atoms with Crippen LogP contribution in [0.2, 0.25) is 0 Å². The maximum Gasteiger partial charge on any atom is 0.157 e. The van der Waals surface area contributed by atoms with Gasteiger partial charge >= 0.3 is 0 Å². The summed E-state index contributed by atoms with van der Waals surface area (Å²) in [6, 6.07) is 2.77. The Bertz CT molecular complexity index is 427. The van der Waals surface area contributed by atoms with Crippen LogP contribution in [0.25, 0.3) is 0 Å². The first-order valence-electron chi connectivity index (χ1n) is 6.10. The van der Waals surface area contributed by atoms with Gasteiger partial charge in [0, 0.05) is 11.6 Å². The van der Waals surface area contributed by atoms with Crippen LogP contribution in [0.3, 0.4) is 0 Å². The largest absolute Gasteiger partial charge is 0.493 e. The molecule has 0 saturated heterocycles. The first kappa shape index (κ1) is 12.3. The lowest BCUT2D eigenvalue weighted by molar-refractivity contribution is 0.412. The highest BCUT2D eigenvalue weighted by Gasteiger charge is 2.19. The summed E-state index contributed by atoms with van der Waals surface area (Å²) < 4.78 is 5.40. The molecule has 1 saturated carbocycles. The van der Waals surface area contributed by atoms with Gasteiger partial charge in [-0.2, -0.15) is 5.26 Å². The molecule has 2 rings (SSSR count). The number of hydrogen-bond donors (Lipinski definition) is 1. The number of anilines is 1. The first-order valence-corrected chi connectivity index (χ1v) is 6.92. The summed E-state index contributed by atoms with van der Waals surface area (Å²) >= 11 is 1.51. The fourth-order valence-corrected chi connectivity index (χ4v) is 3.43. The monoisotopic (exact) mass is 250 g/mol. The standard InChI is InChI=1S/C13H18N2OS/c1-9-11(8-14)17-13(12(9)16-2)15-10-6-4-3-5-7-10/h10,15H,3-7H2,1-2H3. The van der Waals surface area contributed by atoms with Gasteiger partial charge in [0.05, 0.1) is 7.11 Å². The Balaban J connectivity index is 2.17. The van der Waals surface area contributed by atoms with Crippen molar-refractivity contribution >= 4 is 16.3 Å². The Hall–Kier alpha value is -1.21. The van der Waals surface area contributed by atoms with Crippen molar-refractivity contribution in [3.05, 3.63) is 10.4 Å². The first-order chi connectivity index (χ1) is 8.26. The number of ether oxygens (including phenoxy) is 1. The van der Waals surface area contributed by atoms with E-state index in [1.165, 1.54) is 43.4 Å². The molecular formula is C13H18N2OS. The third-order valence-electron chi connectivity index (χ3n) is 3.34. The van der Waals surface area contributed by atoms with Gasteiger partial charge in [0.1, 0.15) is 15.9 Å². The Labute approximate surface area is 106 Å². The van der Waals surface area contributed by atoms with Crippen LogP contribution in [0, 0.1) is 18.3 Å². The van der Waals surface area contributed by atoms with Crippen LogP contribution in [0.4, 0.5) is 5.00 Å². The van der Waals surface area contributed by atoms with E-state index in [4.69, 9.17) is 10.00 Å². The molecule has 1 aromatic rings. The number of methoxy groups -OCH3 is 1. The Kier molecular flexibility index (Phi) is 3.90. The quantitative estimate of drug-likeness (QED) is 0.890. The van der Waals surface area contributed by atoms with E-state index in [9.17, 15) is 0 Å². The Morgan fingerprint density at radius 1 is 1.35 bits per heavy atom. The lowest BCUT2D eigenvalue weighted by Crippen LogP contribution is -2.21. The van der Waals surface area contributed by atoms with E-state index in [0.29, 0.717) is 6.04 Å². The average Bonchev–Trinajstić information content (AvgIpc) is 2.66. The van der Waals surface area contributed by atoms with Crippen LogP contribution < -0.4 is 10.1 Å². The van der Waals surface area contributed by atoms with E-state index in [1.807, 2.05) is 6.92 Å². The molecule has 0 amide bonds. The third kappa shape index (κ3) is 2.55. The molecule has 4 heteroatoms. The summed E-state index contributed by atoms with van der Waals surface area (Å²) in [7, 11) is 1.67. The third-order valence-corrected chi connectivity index (χ3v) is 4.45. The van der Waals surface area contributed by atoms with Gasteiger partial charge in [-0.3, -0.25) is 0 Å². The molecule has 1 aliphatic carbocycles. The van der Waals surface area contributed by atoms with Crippen LogP contribution in [-0.4, -0.2) is 13.2 Å². The van der Waals surface area contributed by atoms with Gasteiger partial charge < -0.3 is 10.1 Å². The van der Waals surface area contributed by atoms with E-state index in [-0.39, 0.29) is 0 Å². The molecule has 1 fully saturated rings. The normalized spacial score (nSPS) is 16.5. The predicted molar refractivity (Wildman–Crippen MR) is 70.8 cm³/mol. The number of nitrogens with one attached hydrogen (secondary N) is 1. The molecule has 3 nitrogen and oxygen atoms in total. The smallest absolute Gasteiger partial charge is 0.157 e. The summed E-state index contributed by atoms with van der Waals surface area (Å²) in [4.78, 5) is 0.750. The van der Waals surface area contributed by atoms with Gasteiger partial charge in [0.25, 0.3) is 0 Å². The van der Waals surface area contributed by atoms with Crippen LogP contribution in [0.1, 0.15) is 42.5 Å². The van der Waals surface area contributed by atoms with Crippen LogP contribution in [0.5, 0.6) is 5.75 Å². The van der Waals surface area contributed by atoms with Gasteiger partial charge in [0.15, 0.2) is 5.75 Å². The highest BCUT2D eigenvalue weighted by molar-refractivity contribution is 7.17. The van der Waals surface area contributed by atoms with Gasteiger partial charge in [-0.25, -0.2) is 0 Å². The van der Waals surface area contributed by atoms with Gasteiger partial charge in [-0.1, -0.05) is 19.3 Å². The summed E-state index contributed by atoms with van der Waals surface area (Å²) in [5, 5.41) is 13.6. The molecule has 1 heterocycles.